The number of nitrogen functional groups attached to an aromatic ring is 1. The zero-order valence-electron chi connectivity index (χ0n) is 12.4. The van der Waals surface area contributed by atoms with Crippen LogP contribution in [-0.4, -0.2) is 10.2 Å². The van der Waals surface area contributed by atoms with Crippen molar-refractivity contribution in [3.05, 3.63) is 69.0 Å². The molecule has 0 radical (unpaired) electrons. The minimum atomic E-state index is 0.0264. The summed E-state index contributed by atoms with van der Waals surface area (Å²) in [6.45, 7) is 0.440. The molecular formula is C17H13BrClN3O2. The monoisotopic (exact) mass is 405 g/mol. The van der Waals surface area contributed by atoms with Gasteiger partial charge in [0.2, 0.25) is 5.89 Å². The number of rotatable bonds is 5. The number of benzene rings is 2. The number of halogens is 2. The lowest BCUT2D eigenvalue weighted by atomic mass is 10.2. The van der Waals surface area contributed by atoms with E-state index in [9.17, 15) is 0 Å². The zero-order valence-corrected chi connectivity index (χ0v) is 14.8. The fourth-order valence-corrected chi connectivity index (χ4v) is 3.01. The van der Waals surface area contributed by atoms with Gasteiger partial charge in [-0.3, -0.25) is 0 Å². The quantitative estimate of drug-likeness (QED) is 0.657. The summed E-state index contributed by atoms with van der Waals surface area (Å²) in [5.41, 5.74) is 7.30. The molecule has 122 valence electrons. The average Bonchev–Trinajstić information content (AvgIpc) is 2.99. The van der Waals surface area contributed by atoms with Crippen molar-refractivity contribution >= 4 is 45.7 Å². The molecule has 0 saturated carbocycles. The Kier molecular flexibility index (Phi) is 5.17. The van der Waals surface area contributed by atoms with E-state index in [2.05, 4.69) is 26.1 Å². The third-order valence-electron chi connectivity index (χ3n) is 3.12. The van der Waals surface area contributed by atoms with E-state index < -0.39 is 0 Å². The Hall–Kier alpha value is -2.31. The van der Waals surface area contributed by atoms with Crippen molar-refractivity contribution in [2.45, 2.75) is 6.61 Å². The summed E-state index contributed by atoms with van der Waals surface area (Å²) in [6, 6.07) is 13.6. The lowest BCUT2D eigenvalue weighted by Gasteiger charge is -2.11. The minimum Gasteiger partial charge on any atom is -0.486 e. The SMILES string of the molecule is Nc1nnc(/C=C/c2cc(Cl)c(OCc3ccccc3)c(Br)c2)o1. The first-order valence-electron chi connectivity index (χ1n) is 7.04. The Balaban J connectivity index is 1.74. The molecule has 7 heteroatoms. The molecule has 0 fully saturated rings. The predicted octanol–water partition coefficient (Wildman–Crippen LogP) is 4.82. The molecule has 0 saturated heterocycles. The highest BCUT2D eigenvalue weighted by molar-refractivity contribution is 9.10. The highest BCUT2D eigenvalue weighted by Crippen LogP contribution is 2.35. The zero-order chi connectivity index (χ0) is 16.9. The fourth-order valence-electron chi connectivity index (χ4n) is 2.02. The molecule has 3 aromatic rings. The van der Waals surface area contributed by atoms with Gasteiger partial charge in [-0.25, -0.2) is 0 Å². The van der Waals surface area contributed by atoms with Gasteiger partial charge < -0.3 is 14.9 Å². The van der Waals surface area contributed by atoms with Gasteiger partial charge in [-0.1, -0.05) is 47.0 Å². The summed E-state index contributed by atoms with van der Waals surface area (Å²) >= 11 is 9.81. The normalized spacial score (nSPS) is 11.1. The molecule has 0 atom stereocenters. The second-order valence-corrected chi connectivity index (χ2v) is 6.16. The largest absolute Gasteiger partial charge is 0.486 e. The maximum Gasteiger partial charge on any atom is 0.313 e. The summed E-state index contributed by atoms with van der Waals surface area (Å²) in [6.07, 6.45) is 3.45. The molecule has 0 aliphatic carbocycles. The number of nitrogens with zero attached hydrogens (tertiary/aromatic N) is 2. The standard InChI is InChI=1S/C17H13BrClN3O2/c18-13-8-12(6-7-15-21-22-17(20)24-15)9-14(19)16(13)23-10-11-4-2-1-3-5-11/h1-9H,10H2,(H2,20,22)/b7-6+. The van der Waals surface area contributed by atoms with Gasteiger partial charge in [0, 0.05) is 6.08 Å². The van der Waals surface area contributed by atoms with Crippen molar-refractivity contribution in [1.82, 2.24) is 10.2 Å². The third-order valence-corrected chi connectivity index (χ3v) is 3.99. The highest BCUT2D eigenvalue weighted by Gasteiger charge is 2.09. The first kappa shape index (κ1) is 16.5. The van der Waals surface area contributed by atoms with Gasteiger partial charge in [0.1, 0.15) is 6.61 Å². The third kappa shape index (κ3) is 4.15. The van der Waals surface area contributed by atoms with E-state index in [0.29, 0.717) is 23.3 Å². The van der Waals surface area contributed by atoms with Crippen molar-refractivity contribution in [3.63, 3.8) is 0 Å². The van der Waals surface area contributed by atoms with Crippen LogP contribution in [0.3, 0.4) is 0 Å². The molecule has 1 heterocycles. The molecule has 0 unspecified atom stereocenters. The molecule has 24 heavy (non-hydrogen) atoms. The van der Waals surface area contributed by atoms with Crippen molar-refractivity contribution in [3.8, 4) is 5.75 Å². The smallest absolute Gasteiger partial charge is 0.313 e. The van der Waals surface area contributed by atoms with Crippen LogP contribution in [0.25, 0.3) is 12.2 Å². The van der Waals surface area contributed by atoms with Crippen LogP contribution in [0.2, 0.25) is 5.02 Å². The Morgan fingerprint density at radius 3 is 2.62 bits per heavy atom. The van der Waals surface area contributed by atoms with Crippen molar-refractivity contribution in [2.75, 3.05) is 5.73 Å². The Bertz CT molecular complexity index is 842. The van der Waals surface area contributed by atoms with E-state index in [0.717, 1.165) is 15.6 Å². The lowest BCUT2D eigenvalue weighted by Crippen LogP contribution is -1.96. The maximum atomic E-state index is 6.33. The van der Waals surface area contributed by atoms with Gasteiger partial charge in [0.05, 0.1) is 9.50 Å². The molecule has 2 N–H and O–H groups in total. The number of hydrogen-bond donors (Lipinski definition) is 1. The van der Waals surface area contributed by atoms with Crippen molar-refractivity contribution < 1.29 is 9.15 Å². The summed E-state index contributed by atoms with van der Waals surface area (Å²) in [5.74, 6) is 0.920. The van der Waals surface area contributed by atoms with Crippen LogP contribution >= 0.6 is 27.5 Å². The van der Waals surface area contributed by atoms with Gasteiger partial charge >= 0.3 is 6.01 Å². The number of ether oxygens (including phenoxy) is 1. The molecule has 3 rings (SSSR count). The summed E-state index contributed by atoms with van der Waals surface area (Å²) in [4.78, 5) is 0. The van der Waals surface area contributed by atoms with Crippen molar-refractivity contribution in [2.24, 2.45) is 0 Å². The van der Waals surface area contributed by atoms with Gasteiger partial charge in [-0.2, -0.15) is 0 Å². The van der Waals surface area contributed by atoms with Crippen LogP contribution in [0.4, 0.5) is 6.01 Å². The minimum absolute atomic E-state index is 0.0264. The van der Waals surface area contributed by atoms with E-state index in [1.54, 1.807) is 18.2 Å². The summed E-state index contributed by atoms with van der Waals surface area (Å²) < 4.78 is 11.7. The van der Waals surface area contributed by atoms with Gasteiger partial charge in [-0.15, -0.1) is 5.10 Å². The molecule has 0 aliphatic rings. The molecule has 1 aromatic heterocycles. The second-order valence-electron chi connectivity index (χ2n) is 4.90. The van der Waals surface area contributed by atoms with Crippen LogP contribution in [0.1, 0.15) is 17.0 Å². The van der Waals surface area contributed by atoms with Gasteiger partial charge in [-0.05, 0) is 45.3 Å². The first-order chi connectivity index (χ1) is 11.6. The van der Waals surface area contributed by atoms with E-state index in [1.807, 2.05) is 36.4 Å². The maximum absolute atomic E-state index is 6.33. The molecule has 0 aliphatic heterocycles. The van der Waals surface area contributed by atoms with Crippen LogP contribution in [0.15, 0.2) is 51.4 Å². The molecule has 0 bridgehead atoms. The van der Waals surface area contributed by atoms with Gasteiger partial charge in [0.25, 0.3) is 0 Å². The molecule has 5 nitrogen and oxygen atoms in total. The predicted molar refractivity (Wildman–Crippen MR) is 97.6 cm³/mol. The highest BCUT2D eigenvalue weighted by atomic mass is 79.9. The number of hydrogen-bond acceptors (Lipinski definition) is 5. The van der Waals surface area contributed by atoms with Crippen LogP contribution in [-0.2, 0) is 6.61 Å². The Labute approximate surface area is 152 Å². The lowest BCUT2D eigenvalue weighted by molar-refractivity contribution is 0.304. The van der Waals surface area contributed by atoms with Crippen LogP contribution in [0, 0.1) is 0 Å². The molecule has 0 spiro atoms. The van der Waals surface area contributed by atoms with E-state index in [1.165, 1.54) is 0 Å². The molecular weight excluding hydrogens is 394 g/mol. The van der Waals surface area contributed by atoms with Gasteiger partial charge in [0.15, 0.2) is 5.75 Å². The van der Waals surface area contributed by atoms with Crippen molar-refractivity contribution in [1.29, 1.82) is 0 Å². The van der Waals surface area contributed by atoms with E-state index in [4.69, 9.17) is 26.5 Å². The summed E-state index contributed by atoms with van der Waals surface area (Å²) in [5, 5.41) is 7.85. The van der Waals surface area contributed by atoms with E-state index in [-0.39, 0.29) is 6.01 Å². The average molecular weight is 407 g/mol. The van der Waals surface area contributed by atoms with Crippen LogP contribution < -0.4 is 10.5 Å². The summed E-state index contributed by atoms with van der Waals surface area (Å²) in [7, 11) is 0. The number of nitrogens with two attached hydrogens (primary N) is 1. The topological polar surface area (TPSA) is 74.2 Å². The Morgan fingerprint density at radius 2 is 1.96 bits per heavy atom. The number of aromatic nitrogens is 2. The first-order valence-corrected chi connectivity index (χ1v) is 8.22. The Morgan fingerprint density at radius 1 is 1.17 bits per heavy atom. The second kappa shape index (κ2) is 7.51. The number of anilines is 1. The van der Waals surface area contributed by atoms with E-state index >= 15 is 0 Å². The van der Waals surface area contributed by atoms with Crippen LogP contribution in [0.5, 0.6) is 5.75 Å². The molecule has 0 amide bonds. The fraction of sp³-hybridized carbons (Fsp3) is 0.0588. The molecule has 2 aromatic carbocycles.